The van der Waals surface area contributed by atoms with Crippen molar-refractivity contribution in [3.63, 3.8) is 0 Å². The maximum atomic E-state index is 8.75. The minimum atomic E-state index is 0. The van der Waals surface area contributed by atoms with Gasteiger partial charge in [0.15, 0.2) is 6.67 Å². The summed E-state index contributed by atoms with van der Waals surface area (Å²) in [5, 5.41) is 18.6. The van der Waals surface area contributed by atoms with E-state index >= 15 is 0 Å². The fraction of sp³-hybridized carbons (Fsp3) is 0.500. The van der Waals surface area contributed by atoms with E-state index in [9.17, 15) is 0 Å². The molecule has 1 aliphatic heterocycles. The normalized spacial score (nSPS) is 22.0. The molecule has 0 radical (unpaired) electrons. The molecule has 5 nitrogen and oxygen atoms in total. The maximum absolute atomic E-state index is 8.75. The van der Waals surface area contributed by atoms with E-state index in [0.29, 0.717) is 13.2 Å². The Kier molecular flexibility index (Phi) is 7.86. The predicted octanol–water partition coefficient (Wildman–Crippen LogP) is 0.150. The van der Waals surface area contributed by atoms with Gasteiger partial charge < -0.3 is 4.90 Å². The molecule has 1 rings (SSSR count). The molecule has 0 fully saturated rings. The first kappa shape index (κ1) is 17.0. The third-order valence-corrected chi connectivity index (χ3v) is 2.20. The molecule has 0 aliphatic carbocycles. The molecule has 1 atom stereocenters. The van der Waals surface area contributed by atoms with Gasteiger partial charge in [0, 0.05) is 7.05 Å². The molecule has 1 unspecified atom stereocenters. The monoisotopic (exact) mass is 238 g/mol. The molecule has 0 saturated heterocycles. The van der Waals surface area contributed by atoms with Crippen molar-refractivity contribution >= 4 is 42.0 Å². The van der Waals surface area contributed by atoms with Crippen LogP contribution in [0.5, 0.6) is 0 Å². The number of quaternary nitrogens is 1. The summed E-state index contributed by atoms with van der Waals surface area (Å²) in [6.07, 6.45) is 7.48. The summed E-state index contributed by atoms with van der Waals surface area (Å²) < 4.78 is 0.267. The third kappa shape index (κ3) is 3.27. The molecular weight excluding hydrogens is 225 g/mol. The second-order valence-electron chi connectivity index (χ2n) is 3.01. The minimum absolute atomic E-state index is 0. The van der Waals surface area contributed by atoms with Crippen LogP contribution in [0.4, 0.5) is 0 Å². The number of rotatable bonds is 2. The standard InChI is InChI=1S/C8H12N5.ClH.Na.H/c1-3-13(12(6-9)7-10)5-4-11(2)8-13;;;/h4-5H,3,8H2,1-2H3;1H;;/q+1;;;. The van der Waals surface area contributed by atoms with Crippen LogP contribution in [0.15, 0.2) is 12.4 Å². The molecule has 0 aromatic carbocycles. The van der Waals surface area contributed by atoms with Crippen molar-refractivity contribution in [3.8, 4) is 12.4 Å². The molecule has 78 valence electrons. The zero-order chi connectivity index (χ0) is 9.90. The molecule has 0 spiro atoms. The van der Waals surface area contributed by atoms with Gasteiger partial charge >= 0.3 is 29.6 Å². The van der Waals surface area contributed by atoms with Crippen molar-refractivity contribution in [1.29, 1.82) is 10.5 Å². The Labute approximate surface area is 118 Å². The Morgan fingerprint density at radius 1 is 1.47 bits per heavy atom. The van der Waals surface area contributed by atoms with Crippen molar-refractivity contribution in [2.24, 2.45) is 0 Å². The van der Waals surface area contributed by atoms with Crippen LogP contribution >= 0.6 is 12.4 Å². The van der Waals surface area contributed by atoms with Crippen LogP contribution in [0.25, 0.3) is 0 Å². The van der Waals surface area contributed by atoms with Gasteiger partial charge in [-0.15, -0.1) is 12.4 Å². The van der Waals surface area contributed by atoms with Crippen molar-refractivity contribution in [1.82, 2.24) is 9.91 Å². The SMILES string of the molecule is CC[N+]1(N(C#N)C#N)C=CN(C)C1.Cl.[NaH]. The molecule has 0 amide bonds. The Morgan fingerprint density at radius 3 is 2.27 bits per heavy atom. The van der Waals surface area contributed by atoms with E-state index in [1.54, 1.807) is 0 Å². The van der Waals surface area contributed by atoms with Crippen LogP contribution in [0, 0.1) is 22.9 Å². The van der Waals surface area contributed by atoms with Crippen LogP contribution in [0.1, 0.15) is 6.92 Å². The van der Waals surface area contributed by atoms with Gasteiger partial charge in [-0.3, -0.25) is 0 Å². The zero-order valence-electron chi connectivity index (χ0n) is 8.21. The van der Waals surface area contributed by atoms with E-state index in [4.69, 9.17) is 10.5 Å². The van der Waals surface area contributed by atoms with Gasteiger partial charge in [-0.05, 0) is 11.9 Å². The number of hydrogen-bond acceptors (Lipinski definition) is 4. The van der Waals surface area contributed by atoms with Gasteiger partial charge in [0.05, 0.1) is 6.20 Å². The van der Waals surface area contributed by atoms with Gasteiger partial charge in [-0.2, -0.15) is 15.1 Å². The first-order valence-electron chi connectivity index (χ1n) is 4.05. The molecule has 0 bridgehead atoms. The van der Waals surface area contributed by atoms with Crippen LogP contribution < -0.4 is 0 Å². The fourth-order valence-electron chi connectivity index (χ4n) is 1.40. The zero-order valence-corrected chi connectivity index (χ0v) is 9.03. The molecule has 0 aromatic heterocycles. The molecule has 15 heavy (non-hydrogen) atoms. The Bertz CT molecular complexity index is 293. The fourth-order valence-corrected chi connectivity index (χ4v) is 1.40. The summed E-state index contributed by atoms with van der Waals surface area (Å²) in [7, 11) is 1.92. The molecule has 7 heteroatoms. The first-order chi connectivity index (χ1) is 6.18. The Hall–Kier alpha value is -0.430. The Morgan fingerprint density at radius 2 is 2.00 bits per heavy atom. The van der Waals surface area contributed by atoms with Gasteiger partial charge in [0.1, 0.15) is 12.7 Å². The summed E-state index contributed by atoms with van der Waals surface area (Å²) in [5.41, 5.74) is 0. The number of nitriles is 2. The predicted molar refractivity (Wildman–Crippen MR) is 60.0 cm³/mol. The van der Waals surface area contributed by atoms with Gasteiger partial charge in [0.25, 0.3) is 0 Å². The van der Waals surface area contributed by atoms with Crippen molar-refractivity contribution < 1.29 is 4.59 Å². The van der Waals surface area contributed by atoms with E-state index in [2.05, 4.69) is 0 Å². The summed E-state index contributed by atoms with van der Waals surface area (Å²) in [5.74, 6) is 0. The molecule has 1 aliphatic rings. The molecule has 1 heterocycles. The molecule has 0 N–H and O–H groups in total. The van der Waals surface area contributed by atoms with Crippen molar-refractivity contribution in [2.45, 2.75) is 6.92 Å². The van der Waals surface area contributed by atoms with E-state index < -0.39 is 0 Å². The van der Waals surface area contributed by atoms with E-state index in [-0.39, 0.29) is 46.6 Å². The topological polar surface area (TPSA) is 54.1 Å². The van der Waals surface area contributed by atoms with Crippen molar-refractivity contribution in [3.05, 3.63) is 12.4 Å². The van der Waals surface area contributed by atoms with E-state index in [1.807, 2.05) is 43.7 Å². The van der Waals surface area contributed by atoms with Gasteiger partial charge in [-0.25, -0.2) is 0 Å². The molecule has 0 saturated carbocycles. The van der Waals surface area contributed by atoms with E-state index in [0.717, 1.165) is 5.01 Å². The van der Waals surface area contributed by atoms with Crippen LogP contribution in [0.2, 0.25) is 0 Å². The quantitative estimate of drug-likeness (QED) is 0.297. The number of hydrogen-bond donors (Lipinski definition) is 0. The average Bonchev–Trinajstić information content (AvgIpc) is 2.51. The van der Waals surface area contributed by atoms with Crippen LogP contribution in [0.3, 0.4) is 0 Å². The number of halogens is 1. The average molecular weight is 239 g/mol. The van der Waals surface area contributed by atoms with E-state index in [1.165, 1.54) is 0 Å². The summed E-state index contributed by atoms with van der Waals surface area (Å²) in [6.45, 7) is 3.28. The molecular formula is C8H14ClN5Na+. The summed E-state index contributed by atoms with van der Waals surface area (Å²) >= 11 is 0. The van der Waals surface area contributed by atoms with Gasteiger partial charge in [-0.1, -0.05) is 0 Å². The first-order valence-corrected chi connectivity index (χ1v) is 4.05. The number of nitrogens with zero attached hydrogens (tertiary/aromatic N) is 5. The Balaban J connectivity index is 0. The van der Waals surface area contributed by atoms with Crippen LogP contribution in [-0.4, -0.2) is 64.3 Å². The van der Waals surface area contributed by atoms with Crippen LogP contribution in [-0.2, 0) is 0 Å². The molecule has 0 aromatic rings. The van der Waals surface area contributed by atoms with Gasteiger partial charge in [0.2, 0.25) is 12.4 Å². The second kappa shape index (κ2) is 6.95. The summed E-state index contributed by atoms with van der Waals surface area (Å²) in [4.78, 5) is 1.95. The summed E-state index contributed by atoms with van der Waals surface area (Å²) in [6, 6.07) is 0. The van der Waals surface area contributed by atoms with Crippen molar-refractivity contribution in [2.75, 3.05) is 20.3 Å². The second-order valence-corrected chi connectivity index (χ2v) is 3.01. The third-order valence-electron chi connectivity index (χ3n) is 2.20.